The second kappa shape index (κ2) is 5.92. The van der Waals surface area contributed by atoms with Crippen molar-refractivity contribution in [3.05, 3.63) is 40.4 Å². The Kier molecular flexibility index (Phi) is 4.46. The van der Waals surface area contributed by atoms with Crippen molar-refractivity contribution in [2.75, 3.05) is 0 Å². The highest BCUT2D eigenvalue weighted by atomic mass is 35.5. The molecule has 1 aromatic rings. The molecule has 0 amide bonds. The predicted octanol–water partition coefficient (Wildman–Crippen LogP) is 4.99. The Morgan fingerprint density at radius 1 is 1.21 bits per heavy atom. The van der Waals surface area contributed by atoms with E-state index in [9.17, 15) is 4.79 Å². The summed E-state index contributed by atoms with van der Waals surface area (Å²) in [6, 6.07) is 7.67. The van der Waals surface area contributed by atoms with Gasteiger partial charge >= 0.3 is 0 Å². The van der Waals surface area contributed by atoms with Gasteiger partial charge in [0.2, 0.25) is 0 Å². The lowest BCUT2D eigenvalue weighted by Gasteiger charge is -2.30. The molecular formula is C17H21ClO. The minimum atomic E-state index is 0.190. The summed E-state index contributed by atoms with van der Waals surface area (Å²) in [5.74, 6) is 1.31. The number of benzene rings is 1. The van der Waals surface area contributed by atoms with Crippen LogP contribution in [0, 0.1) is 17.8 Å². The highest BCUT2D eigenvalue weighted by Gasteiger charge is 2.32. The number of ketones is 1. The Balaban J connectivity index is 2.29. The lowest BCUT2D eigenvalue weighted by molar-refractivity contribution is -0.122. The van der Waals surface area contributed by atoms with E-state index in [0.29, 0.717) is 17.6 Å². The van der Waals surface area contributed by atoms with Gasteiger partial charge in [-0.15, -0.1) is 0 Å². The molecule has 0 radical (unpaired) electrons. The van der Waals surface area contributed by atoms with Crippen LogP contribution in [0.2, 0.25) is 5.02 Å². The number of carbonyl (C=O) groups excluding carboxylic acids is 1. The van der Waals surface area contributed by atoms with E-state index >= 15 is 0 Å². The Morgan fingerprint density at radius 2 is 1.84 bits per heavy atom. The molecule has 2 rings (SSSR count). The molecule has 19 heavy (non-hydrogen) atoms. The van der Waals surface area contributed by atoms with Gasteiger partial charge in [-0.2, -0.15) is 0 Å². The number of hydrogen-bond donors (Lipinski definition) is 0. The first-order valence-corrected chi connectivity index (χ1v) is 7.38. The minimum Gasteiger partial charge on any atom is -0.294 e. The molecule has 0 spiro atoms. The molecule has 0 saturated heterocycles. The second-order valence-corrected chi connectivity index (χ2v) is 6.28. The standard InChI is InChI=1S/C17H21ClO/c1-11(2)15-9-4-12(3)16(17(15)19)10-13-5-7-14(18)8-6-13/h5-8,10-12,15H,4,9H2,1-3H3/t12-,15-/m0/s1. The van der Waals surface area contributed by atoms with Crippen LogP contribution in [0.15, 0.2) is 29.8 Å². The molecule has 0 aromatic heterocycles. The van der Waals surface area contributed by atoms with E-state index in [4.69, 9.17) is 11.6 Å². The Morgan fingerprint density at radius 3 is 2.42 bits per heavy atom. The number of Topliss-reactive ketones (excluding diaryl/α,β-unsaturated/α-hetero) is 1. The van der Waals surface area contributed by atoms with Crippen molar-refractivity contribution in [1.82, 2.24) is 0 Å². The van der Waals surface area contributed by atoms with Crippen LogP contribution < -0.4 is 0 Å². The summed E-state index contributed by atoms with van der Waals surface area (Å²) in [6.07, 6.45) is 4.17. The first-order valence-electron chi connectivity index (χ1n) is 7.00. The topological polar surface area (TPSA) is 17.1 Å². The van der Waals surface area contributed by atoms with Crippen molar-refractivity contribution in [2.24, 2.45) is 17.8 Å². The largest absolute Gasteiger partial charge is 0.294 e. The fourth-order valence-corrected chi connectivity index (χ4v) is 2.89. The summed E-state index contributed by atoms with van der Waals surface area (Å²) in [6.45, 7) is 6.42. The normalized spacial score (nSPS) is 26.2. The molecule has 102 valence electrons. The molecule has 1 aromatic carbocycles. The van der Waals surface area contributed by atoms with Gasteiger partial charge in [0.1, 0.15) is 0 Å². The van der Waals surface area contributed by atoms with Gasteiger partial charge in [-0.05, 0) is 54.0 Å². The van der Waals surface area contributed by atoms with Crippen LogP contribution in [-0.4, -0.2) is 5.78 Å². The Labute approximate surface area is 120 Å². The molecule has 0 N–H and O–H groups in total. The zero-order chi connectivity index (χ0) is 14.0. The van der Waals surface area contributed by atoms with Gasteiger partial charge < -0.3 is 0 Å². The van der Waals surface area contributed by atoms with E-state index < -0.39 is 0 Å². The lowest BCUT2D eigenvalue weighted by Crippen LogP contribution is -2.30. The van der Waals surface area contributed by atoms with E-state index in [1.807, 2.05) is 30.3 Å². The third-order valence-corrected chi connectivity index (χ3v) is 4.31. The van der Waals surface area contributed by atoms with E-state index in [-0.39, 0.29) is 5.92 Å². The summed E-state index contributed by atoms with van der Waals surface area (Å²) in [7, 11) is 0. The fourth-order valence-electron chi connectivity index (χ4n) is 2.76. The SMILES string of the molecule is CC(C)[C@@H]1CC[C@H](C)C(=Cc2ccc(Cl)cc2)C1=O. The van der Waals surface area contributed by atoms with Crippen LogP contribution in [0.1, 0.15) is 39.2 Å². The molecule has 1 saturated carbocycles. The van der Waals surface area contributed by atoms with Gasteiger partial charge in [0.05, 0.1) is 0 Å². The van der Waals surface area contributed by atoms with Crippen LogP contribution in [-0.2, 0) is 4.79 Å². The molecule has 2 atom stereocenters. The van der Waals surface area contributed by atoms with Crippen molar-refractivity contribution in [3.63, 3.8) is 0 Å². The van der Waals surface area contributed by atoms with Crippen LogP contribution in [0.5, 0.6) is 0 Å². The third-order valence-electron chi connectivity index (χ3n) is 4.06. The highest BCUT2D eigenvalue weighted by Crippen LogP contribution is 2.35. The second-order valence-electron chi connectivity index (χ2n) is 5.84. The Hall–Kier alpha value is -1.08. The lowest BCUT2D eigenvalue weighted by atomic mass is 9.73. The van der Waals surface area contributed by atoms with Gasteiger partial charge in [0, 0.05) is 10.9 Å². The van der Waals surface area contributed by atoms with Crippen LogP contribution in [0.25, 0.3) is 6.08 Å². The average Bonchev–Trinajstić information content (AvgIpc) is 2.36. The molecule has 1 aliphatic carbocycles. The predicted molar refractivity (Wildman–Crippen MR) is 81.2 cm³/mol. The minimum absolute atomic E-state index is 0.190. The zero-order valence-corrected chi connectivity index (χ0v) is 12.6. The van der Waals surface area contributed by atoms with Crippen molar-refractivity contribution >= 4 is 23.5 Å². The van der Waals surface area contributed by atoms with Gasteiger partial charge in [-0.1, -0.05) is 44.5 Å². The van der Waals surface area contributed by atoms with Crippen LogP contribution in [0.4, 0.5) is 0 Å². The van der Waals surface area contributed by atoms with Gasteiger partial charge in [0.15, 0.2) is 5.78 Å². The van der Waals surface area contributed by atoms with E-state index in [0.717, 1.165) is 29.0 Å². The number of carbonyl (C=O) groups is 1. The number of rotatable bonds is 2. The first kappa shape index (κ1) is 14.3. The third kappa shape index (κ3) is 3.27. The summed E-state index contributed by atoms with van der Waals surface area (Å²) >= 11 is 5.89. The molecule has 1 aliphatic rings. The van der Waals surface area contributed by atoms with Crippen LogP contribution in [0.3, 0.4) is 0 Å². The molecule has 0 bridgehead atoms. The van der Waals surface area contributed by atoms with Crippen molar-refractivity contribution < 1.29 is 4.79 Å². The molecule has 0 aliphatic heterocycles. The number of halogens is 1. The fraction of sp³-hybridized carbons (Fsp3) is 0.471. The van der Waals surface area contributed by atoms with E-state index in [1.54, 1.807) is 0 Å². The van der Waals surface area contributed by atoms with E-state index in [1.165, 1.54) is 0 Å². The smallest absolute Gasteiger partial charge is 0.162 e. The quantitative estimate of drug-likeness (QED) is 0.695. The van der Waals surface area contributed by atoms with Crippen LogP contribution >= 0.6 is 11.6 Å². The molecule has 1 nitrogen and oxygen atoms in total. The Bertz CT molecular complexity index is 484. The molecule has 2 heteroatoms. The summed E-state index contributed by atoms with van der Waals surface area (Å²) in [5, 5.41) is 0.727. The van der Waals surface area contributed by atoms with Gasteiger partial charge in [-0.25, -0.2) is 0 Å². The maximum Gasteiger partial charge on any atom is 0.162 e. The molecule has 0 heterocycles. The summed E-state index contributed by atoms with van der Waals surface area (Å²) in [5.41, 5.74) is 2.04. The van der Waals surface area contributed by atoms with Crippen molar-refractivity contribution in [3.8, 4) is 0 Å². The average molecular weight is 277 g/mol. The monoisotopic (exact) mass is 276 g/mol. The van der Waals surface area contributed by atoms with Gasteiger partial charge in [0.25, 0.3) is 0 Å². The number of hydrogen-bond acceptors (Lipinski definition) is 1. The van der Waals surface area contributed by atoms with Gasteiger partial charge in [-0.3, -0.25) is 4.79 Å². The van der Waals surface area contributed by atoms with Crippen molar-refractivity contribution in [1.29, 1.82) is 0 Å². The molecule has 1 fully saturated rings. The molecule has 0 unspecified atom stereocenters. The molecular weight excluding hydrogens is 256 g/mol. The first-order chi connectivity index (χ1) is 8.99. The van der Waals surface area contributed by atoms with E-state index in [2.05, 4.69) is 20.8 Å². The highest BCUT2D eigenvalue weighted by molar-refractivity contribution is 6.30. The summed E-state index contributed by atoms with van der Waals surface area (Å²) in [4.78, 5) is 12.6. The zero-order valence-electron chi connectivity index (χ0n) is 11.8. The van der Waals surface area contributed by atoms with Crippen molar-refractivity contribution in [2.45, 2.75) is 33.6 Å². The maximum absolute atomic E-state index is 12.6. The maximum atomic E-state index is 12.6. The number of allylic oxidation sites excluding steroid dienone is 1. The summed E-state index contributed by atoms with van der Waals surface area (Å²) < 4.78 is 0.